The molecule has 1 saturated carbocycles. The highest BCUT2D eigenvalue weighted by Crippen LogP contribution is 2.24. The van der Waals surface area contributed by atoms with Crippen LogP contribution in [0.4, 0.5) is 0 Å². The van der Waals surface area contributed by atoms with Crippen LogP contribution in [0.15, 0.2) is 18.5 Å². The maximum Gasteiger partial charge on any atom is 0.255 e. The molecule has 1 aromatic rings. The van der Waals surface area contributed by atoms with E-state index >= 15 is 0 Å². The van der Waals surface area contributed by atoms with Gasteiger partial charge in [-0.3, -0.25) is 9.78 Å². The van der Waals surface area contributed by atoms with Gasteiger partial charge in [0.05, 0.1) is 5.56 Å². The molecular weight excluding hydrogens is 300 g/mol. The van der Waals surface area contributed by atoms with Crippen molar-refractivity contribution in [3.05, 3.63) is 29.6 Å². The van der Waals surface area contributed by atoms with Crippen LogP contribution in [0.1, 0.15) is 48.0 Å². The molecule has 1 aliphatic carbocycles. The number of rotatable bonds is 3. The molecule has 1 amide bonds. The minimum atomic E-state index is 0.127. The summed E-state index contributed by atoms with van der Waals surface area (Å²) in [4.78, 5) is 21.4. The summed E-state index contributed by atoms with van der Waals surface area (Å²) in [5.74, 6) is 0.860. The van der Waals surface area contributed by atoms with Crippen molar-refractivity contribution >= 4 is 5.91 Å². The van der Waals surface area contributed by atoms with Gasteiger partial charge in [0.2, 0.25) is 0 Å². The van der Waals surface area contributed by atoms with Gasteiger partial charge in [-0.05, 0) is 56.7 Å². The van der Waals surface area contributed by atoms with E-state index in [1.807, 2.05) is 17.9 Å². The SMILES string of the molecule is Cc1ccncc1C(=O)N1CCCN(C[C@@H]2CCC[C@H](N)C2)CC1. The van der Waals surface area contributed by atoms with Crippen molar-refractivity contribution in [2.24, 2.45) is 11.7 Å². The predicted octanol–water partition coefficient (Wildman–Crippen LogP) is 2.06. The molecule has 0 spiro atoms. The number of amides is 1. The maximum atomic E-state index is 12.8. The summed E-state index contributed by atoms with van der Waals surface area (Å²) in [6.07, 6.45) is 9.41. The van der Waals surface area contributed by atoms with Crippen molar-refractivity contribution in [2.75, 3.05) is 32.7 Å². The number of hydrogen-bond acceptors (Lipinski definition) is 4. The van der Waals surface area contributed by atoms with Crippen LogP contribution in [0, 0.1) is 12.8 Å². The van der Waals surface area contributed by atoms with Crippen LogP contribution in [0.3, 0.4) is 0 Å². The maximum absolute atomic E-state index is 12.8. The lowest BCUT2D eigenvalue weighted by Gasteiger charge is -2.31. The van der Waals surface area contributed by atoms with Gasteiger partial charge in [0.15, 0.2) is 0 Å². The lowest BCUT2D eigenvalue weighted by Crippen LogP contribution is -2.39. The number of carbonyl (C=O) groups excluding carboxylic acids is 1. The smallest absolute Gasteiger partial charge is 0.255 e. The molecule has 2 N–H and O–H groups in total. The van der Waals surface area contributed by atoms with E-state index in [1.54, 1.807) is 12.4 Å². The second-order valence-electron chi connectivity index (χ2n) is 7.43. The minimum Gasteiger partial charge on any atom is -0.337 e. The van der Waals surface area contributed by atoms with Crippen molar-refractivity contribution in [3.8, 4) is 0 Å². The minimum absolute atomic E-state index is 0.127. The fourth-order valence-corrected chi connectivity index (χ4v) is 4.08. The third kappa shape index (κ3) is 4.33. The molecule has 0 radical (unpaired) electrons. The molecule has 0 unspecified atom stereocenters. The summed E-state index contributed by atoms with van der Waals surface area (Å²) in [7, 11) is 0. The Morgan fingerprint density at radius 3 is 2.92 bits per heavy atom. The third-order valence-corrected chi connectivity index (χ3v) is 5.48. The van der Waals surface area contributed by atoms with Crippen LogP contribution < -0.4 is 5.73 Å². The second-order valence-corrected chi connectivity index (χ2v) is 7.43. The lowest BCUT2D eigenvalue weighted by atomic mass is 9.86. The van der Waals surface area contributed by atoms with E-state index in [0.29, 0.717) is 6.04 Å². The van der Waals surface area contributed by atoms with Crippen LogP contribution in [0.5, 0.6) is 0 Å². The van der Waals surface area contributed by atoms with Crippen molar-refractivity contribution in [1.29, 1.82) is 0 Å². The van der Waals surface area contributed by atoms with Crippen LogP contribution in [0.25, 0.3) is 0 Å². The normalized spacial score (nSPS) is 26.2. The third-order valence-electron chi connectivity index (χ3n) is 5.48. The highest BCUT2D eigenvalue weighted by molar-refractivity contribution is 5.95. The molecule has 1 aromatic heterocycles. The van der Waals surface area contributed by atoms with Gasteiger partial charge in [0.1, 0.15) is 0 Å². The monoisotopic (exact) mass is 330 g/mol. The van der Waals surface area contributed by atoms with Crippen LogP contribution in [-0.2, 0) is 0 Å². The number of hydrogen-bond donors (Lipinski definition) is 1. The fourth-order valence-electron chi connectivity index (χ4n) is 4.08. The molecule has 2 aliphatic rings. The van der Waals surface area contributed by atoms with E-state index in [2.05, 4.69) is 9.88 Å². The van der Waals surface area contributed by atoms with E-state index in [-0.39, 0.29) is 5.91 Å². The molecule has 24 heavy (non-hydrogen) atoms. The van der Waals surface area contributed by atoms with Gasteiger partial charge >= 0.3 is 0 Å². The van der Waals surface area contributed by atoms with Gasteiger partial charge in [0, 0.05) is 44.6 Å². The topological polar surface area (TPSA) is 62.5 Å². The van der Waals surface area contributed by atoms with Crippen molar-refractivity contribution in [3.63, 3.8) is 0 Å². The summed E-state index contributed by atoms with van der Waals surface area (Å²) in [5.41, 5.74) is 7.87. The first kappa shape index (κ1) is 17.4. The summed E-state index contributed by atoms with van der Waals surface area (Å²) < 4.78 is 0. The summed E-state index contributed by atoms with van der Waals surface area (Å²) >= 11 is 0. The summed E-state index contributed by atoms with van der Waals surface area (Å²) in [6.45, 7) is 6.82. The molecule has 0 aromatic carbocycles. The first-order valence-electron chi connectivity index (χ1n) is 9.31. The van der Waals surface area contributed by atoms with Crippen LogP contribution in [0.2, 0.25) is 0 Å². The lowest BCUT2D eigenvalue weighted by molar-refractivity contribution is 0.0758. The summed E-state index contributed by atoms with van der Waals surface area (Å²) in [6, 6.07) is 2.30. The highest BCUT2D eigenvalue weighted by Gasteiger charge is 2.25. The Kier molecular flexibility index (Phi) is 5.85. The molecule has 1 saturated heterocycles. The van der Waals surface area contributed by atoms with E-state index in [0.717, 1.165) is 62.6 Å². The molecule has 2 atom stereocenters. The Bertz CT molecular complexity index is 562. The van der Waals surface area contributed by atoms with Gasteiger partial charge in [-0.2, -0.15) is 0 Å². The second kappa shape index (κ2) is 8.08. The predicted molar refractivity (Wildman–Crippen MR) is 95.9 cm³/mol. The standard InChI is InChI=1S/C19H30N4O/c1-15-6-7-21-13-18(15)19(24)23-9-3-8-22(10-11-23)14-16-4-2-5-17(20)12-16/h6-7,13,16-17H,2-5,8-12,14,20H2,1H3/t16-,17+/m1/s1. The number of nitrogens with two attached hydrogens (primary N) is 1. The molecular formula is C19H30N4O. The van der Waals surface area contributed by atoms with Crippen LogP contribution >= 0.6 is 0 Å². The average molecular weight is 330 g/mol. The van der Waals surface area contributed by atoms with Gasteiger partial charge < -0.3 is 15.5 Å². The summed E-state index contributed by atoms with van der Waals surface area (Å²) in [5, 5.41) is 0. The molecule has 132 valence electrons. The van der Waals surface area contributed by atoms with Gasteiger partial charge in [0.25, 0.3) is 5.91 Å². The number of carbonyl (C=O) groups is 1. The first-order valence-corrected chi connectivity index (χ1v) is 9.31. The number of aromatic nitrogens is 1. The van der Waals surface area contributed by atoms with E-state index < -0.39 is 0 Å². The molecule has 1 aliphatic heterocycles. The van der Waals surface area contributed by atoms with E-state index in [1.165, 1.54) is 19.3 Å². The van der Waals surface area contributed by atoms with E-state index in [4.69, 9.17) is 5.73 Å². The van der Waals surface area contributed by atoms with Crippen LogP contribution in [-0.4, -0.2) is 59.5 Å². The van der Waals surface area contributed by atoms with Crippen molar-refractivity contribution in [2.45, 2.75) is 45.1 Å². The Labute approximate surface area is 145 Å². The van der Waals surface area contributed by atoms with E-state index in [9.17, 15) is 4.79 Å². The molecule has 2 heterocycles. The van der Waals surface area contributed by atoms with Crippen molar-refractivity contribution in [1.82, 2.24) is 14.8 Å². The zero-order valence-electron chi connectivity index (χ0n) is 14.8. The Morgan fingerprint density at radius 1 is 1.25 bits per heavy atom. The molecule has 5 nitrogen and oxygen atoms in total. The fraction of sp³-hybridized carbons (Fsp3) is 0.684. The number of pyridine rings is 1. The highest BCUT2D eigenvalue weighted by atomic mass is 16.2. The average Bonchev–Trinajstić information content (AvgIpc) is 2.80. The van der Waals surface area contributed by atoms with Gasteiger partial charge in [-0.1, -0.05) is 6.42 Å². The Hall–Kier alpha value is -1.46. The number of aryl methyl sites for hydroxylation is 1. The van der Waals surface area contributed by atoms with Crippen molar-refractivity contribution < 1.29 is 4.79 Å². The first-order chi connectivity index (χ1) is 11.6. The molecule has 3 rings (SSSR count). The van der Waals surface area contributed by atoms with Gasteiger partial charge in [-0.25, -0.2) is 0 Å². The Morgan fingerprint density at radius 2 is 2.12 bits per heavy atom. The largest absolute Gasteiger partial charge is 0.337 e. The molecule has 2 fully saturated rings. The quantitative estimate of drug-likeness (QED) is 0.921. The van der Waals surface area contributed by atoms with Gasteiger partial charge in [-0.15, -0.1) is 0 Å². The zero-order valence-corrected chi connectivity index (χ0v) is 14.8. The zero-order chi connectivity index (χ0) is 16.9. The number of nitrogens with zero attached hydrogens (tertiary/aromatic N) is 3. The molecule has 0 bridgehead atoms. The molecule has 5 heteroatoms. The Balaban J connectivity index is 1.55.